The molecule has 1 amide bonds. The minimum absolute atomic E-state index is 0.447. The van der Waals surface area contributed by atoms with Crippen molar-refractivity contribution in [2.45, 2.75) is 6.42 Å². The first-order chi connectivity index (χ1) is 8.16. The van der Waals surface area contributed by atoms with E-state index in [1.807, 2.05) is 0 Å². The molecule has 92 valence electrons. The van der Waals surface area contributed by atoms with Gasteiger partial charge in [0.05, 0.1) is 18.0 Å². The number of hydrogen-bond acceptors (Lipinski definition) is 4. The smallest absolute Gasteiger partial charge is 0.248 e. The van der Waals surface area contributed by atoms with Gasteiger partial charge in [0.15, 0.2) is 0 Å². The van der Waals surface area contributed by atoms with Gasteiger partial charge in [-0.1, -0.05) is 0 Å². The van der Waals surface area contributed by atoms with Crippen LogP contribution in [0.15, 0.2) is 18.2 Å². The number of rotatable bonds is 4. The summed E-state index contributed by atoms with van der Waals surface area (Å²) in [6.45, 7) is 2.40. The fraction of sp³-hybridized carbons (Fsp3) is 0.417. The van der Waals surface area contributed by atoms with Crippen molar-refractivity contribution in [2.75, 3.05) is 30.8 Å². The van der Waals surface area contributed by atoms with E-state index in [9.17, 15) is 4.79 Å². The number of nitrogens with one attached hydrogen (secondary N) is 1. The lowest BCUT2D eigenvalue weighted by Gasteiger charge is -2.13. The summed E-state index contributed by atoms with van der Waals surface area (Å²) in [5.41, 5.74) is 12.9. The second-order valence-electron chi connectivity index (χ2n) is 4.28. The van der Waals surface area contributed by atoms with Crippen LogP contribution in [0, 0.1) is 5.92 Å². The Kier molecular flexibility index (Phi) is 3.49. The number of primary amides is 1. The molecule has 1 heterocycles. The molecule has 1 aliphatic rings. The van der Waals surface area contributed by atoms with Crippen molar-refractivity contribution in [3.63, 3.8) is 0 Å². The summed E-state index contributed by atoms with van der Waals surface area (Å²) >= 11 is 0. The molecule has 1 unspecified atom stereocenters. The van der Waals surface area contributed by atoms with Crippen LogP contribution in [0.5, 0.6) is 0 Å². The zero-order chi connectivity index (χ0) is 12.3. The quantitative estimate of drug-likeness (QED) is 0.674. The lowest BCUT2D eigenvalue weighted by molar-refractivity contribution is 0.100. The van der Waals surface area contributed by atoms with Crippen LogP contribution in [0.2, 0.25) is 0 Å². The van der Waals surface area contributed by atoms with E-state index in [1.54, 1.807) is 18.2 Å². The molecule has 5 heteroatoms. The van der Waals surface area contributed by atoms with Gasteiger partial charge in [0.25, 0.3) is 0 Å². The molecule has 0 bridgehead atoms. The van der Waals surface area contributed by atoms with Crippen LogP contribution in [-0.2, 0) is 4.74 Å². The maximum Gasteiger partial charge on any atom is 0.248 e. The Labute approximate surface area is 100 Å². The van der Waals surface area contributed by atoms with Crippen molar-refractivity contribution in [1.82, 2.24) is 0 Å². The average Bonchev–Trinajstić information content (AvgIpc) is 2.80. The van der Waals surface area contributed by atoms with Gasteiger partial charge in [-0.2, -0.15) is 0 Å². The molecule has 0 aromatic heterocycles. The van der Waals surface area contributed by atoms with Crippen LogP contribution in [0.25, 0.3) is 0 Å². The van der Waals surface area contributed by atoms with Gasteiger partial charge in [-0.25, -0.2) is 0 Å². The molecule has 1 atom stereocenters. The predicted octanol–water partition coefficient (Wildman–Crippen LogP) is 0.816. The lowest BCUT2D eigenvalue weighted by atomic mass is 10.1. The summed E-state index contributed by atoms with van der Waals surface area (Å²) in [5, 5.41) is 3.24. The maximum absolute atomic E-state index is 11.1. The summed E-state index contributed by atoms with van der Waals surface area (Å²) in [6.07, 6.45) is 1.06. The first kappa shape index (κ1) is 11.7. The van der Waals surface area contributed by atoms with Crippen LogP contribution >= 0.6 is 0 Å². The van der Waals surface area contributed by atoms with Gasteiger partial charge >= 0.3 is 0 Å². The van der Waals surface area contributed by atoms with E-state index in [1.165, 1.54) is 0 Å². The number of anilines is 2. The fourth-order valence-electron chi connectivity index (χ4n) is 1.86. The first-order valence-corrected chi connectivity index (χ1v) is 5.68. The minimum Gasteiger partial charge on any atom is -0.397 e. The van der Waals surface area contributed by atoms with E-state index >= 15 is 0 Å². The van der Waals surface area contributed by atoms with Crippen molar-refractivity contribution in [3.8, 4) is 0 Å². The number of hydrogen-bond donors (Lipinski definition) is 3. The van der Waals surface area contributed by atoms with Gasteiger partial charge in [-0.15, -0.1) is 0 Å². The van der Waals surface area contributed by atoms with E-state index < -0.39 is 5.91 Å². The Morgan fingerprint density at radius 3 is 3.00 bits per heavy atom. The first-order valence-electron chi connectivity index (χ1n) is 5.68. The molecule has 1 aliphatic heterocycles. The molecular formula is C12H17N3O2. The molecule has 1 saturated heterocycles. The highest BCUT2D eigenvalue weighted by Gasteiger charge is 2.15. The largest absolute Gasteiger partial charge is 0.397 e. The van der Waals surface area contributed by atoms with E-state index in [-0.39, 0.29) is 0 Å². The van der Waals surface area contributed by atoms with Crippen molar-refractivity contribution >= 4 is 17.3 Å². The molecule has 17 heavy (non-hydrogen) atoms. The fourth-order valence-corrected chi connectivity index (χ4v) is 1.86. The Bertz CT molecular complexity index is 414. The van der Waals surface area contributed by atoms with Crippen molar-refractivity contribution in [1.29, 1.82) is 0 Å². The Morgan fingerprint density at radius 1 is 1.53 bits per heavy atom. The summed E-state index contributed by atoms with van der Waals surface area (Å²) < 4.78 is 5.29. The number of amides is 1. The molecule has 5 N–H and O–H groups in total. The van der Waals surface area contributed by atoms with Gasteiger partial charge in [0.2, 0.25) is 5.91 Å². The topological polar surface area (TPSA) is 90.4 Å². The normalized spacial score (nSPS) is 19.2. The number of carbonyl (C=O) groups is 1. The third-order valence-electron chi connectivity index (χ3n) is 2.94. The summed E-state index contributed by atoms with van der Waals surface area (Å²) in [5.74, 6) is 0.0592. The van der Waals surface area contributed by atoms with Gasteiger partial charge in [-0.3, -0.25) is 4.79 Å². The van der Waals surface area contributed by atoms with E-state index in [0.717, 1.165) is 31.9 Å². The molecule has 1 fully saturated rings. The predicted molar refractivity (Wildman–Crippen MR) is 66.8 cm³/mol. The van der Waals surface area contributed by atoms with Crippen LogP contribution in [-0.4, -0.2) is 25.7 Å². The Hall–Kier alpha value is -1.75. The molecule has 5 nitrogen and oxygen atoms in total. The number of benzene rings is 1. The SMILES string of the molecule is NC(=O)c1ccc(N)c(NCC2CCOC2)c1. The summed E-state index contributed by atoms with van der Waals surface area (Å²) in [6, 6.07) is 5.00. The average molecular weight is 235 g/mol. The van der Waals surface area contributed by atoms with E-state index in [0.29, 0.717) is 17.2 Å². The molecule has 0 spiro atoms. The highest BCUT2D eigenvalue weighted by Crippen LogP contribution is 2.21. The van der Waals surface area contributed by atoms with Crippen LogP contribution in [0.1, 0.15) is 16.8 Å². The van der Waals surface area contributed by atoms with Gasteiger partial charge in [-0.05, 0) is 24.6 Å². The second-order valence-corrected chi connectivity index (χ2v) is 4.28. The second kappa shape index (κ2) is 5.05. The Balaban J connectivity index is 2.03. The standard InChI is InChI=1S/C12H17N3O2/c13-10-2-1-9(12(14)16)5-11(10)15-6-8-3-4-17-7-8/h1-2,5,8,15H,3-4,6-7,13H2,(H2,14,16). The van der Waals surface area contributed by atoms with Gasteiger partial charge in [0.1, 0.15) is 0 Å². The number of carbonyl (C=O) groups excluding carboxylic acids is 1. The zero-order valence-electron chi connectivity index (χ0n) is 9.61. The van der Waals surface area contributed by atoms with Crippen molar-refractivity contribution in [3.05, 3.63) is 23.8 Å². The van der Waals surface area contributed by atoms with Crippen LogP contribution in [0.4, 0.5) is 11.4 Å². The molecule has 0 saturated carbocycles. The molecule has 2 rings (SSSR count). The molecule has 1 aromatic carbocycles. The maximum atomic E-state index is 11.1. The molecular weight excluding hydrogens is 218 g/mol. The molecule has 1 aromatic rings. The third-order valence-corrected chi connectivity index (χ3v) is 2.94. The number of nitrogens with two attached hydrogens (primary N) is 2. The highest BCUT2D eigenvalue weighted by atomic mass is 16.5. The van der Waals surface area contributed by atoms with E-state index in [2.05, 4.69) is 5.32 Å². The van der Waals surface area contributed by atoms with Crippen molar-refractivity contribution in [2.24, 2.45) is 11.7 Å². The monoisotopic (exact) mass is 235 g/mol. The van der Waals surface area contributed by atoms with E-state index in [4.69, 9.17) is 16.2 Å². The summed E-state index contributed by atoms with van der Waals surface area (Å²) in [4.78, 5) is 11.1. The number of ether oxygens (including phenoxy) is 1. The van der Waals surface area contributed by atoms with Crippen LogP contribution < -0.4 is 16.8 Å². The number of nitrogen functional groups attached to an aromatic ring is 1. The highest BCUT2D eigenvalue weighted by molar-refractivity contribution is 5.94. The summed E-state index contributed by atoms with van der Waals surface area (Å²) in [7, 11) is 0. The van der Waals surface area contributed by atoms with Crippen molar-refractivity contribution < 1.29 is 9.53 Å². The Morgan fingerprint density at radius 2 is 2.35 bits per heavy atom. The molecule has 0 radical (unpaired) electrons. The zero-order valence-corrected chi connectivity index (χ0v) is 9.61. The minimum atomic E-state index is -0.447. The lowest BCUT2D eigenvalue weighted by Crippen LogP contribution is -2.16. The molecule has 0 aliphatic carbocycles. The van der Waals surface area contributed by atoms with Gasteiger partial charge in [0, 0.05) is 24.6 Å². The van der Waals surface area contributed by atoms with Crippen LogP contribution in [0.3, 0.4) is 0 Å². The third kappa shape index (κ3) is 2.88. The van der Waals surface area contributed by atoms with Gasteiger partial charge < -0.3 is 21.5 Å².